The lowest BCUT2D eigenvalue weighted by Gasteiger charge is -2.23. The molecule has 0 saturated carbocycles. The summed E-state index contributed by atoms with van der Waals surface area (Å²) < 4.78 is 0. The van der Waals surface area contributed by atoms with Gasteiger partial charge in [0.1, 0.15) is 11.9 Å². The van der Waals surface area contributed by atoms with Crippen LogP contribution >= 0.6 is 0 Å². The molecule has 2 aliphatic rings. The molecule has 0 bridgehead atoms. The predicted octanol–water partition coefficient (Wildman–Crippen LogP) is 3.07. The minimum absolute atomic E-state index is 0.773. The Morgan fingerprint density at radius 2 is 2.16 bits per heavy atom. The van der Waals surface area contributed by atoms with E-state index in [0.717, 1.165) is 43.2 Å². The van der Waals surface area contributed by atoms with Crippen LogP contribution in [0.15, 0.2) is 6.07 Å². The molecule has 1 fully saturated rings. The number of fused-ring (bicyclic) bond motifs is 1. The second-order valence-corrected chi connectivity index (χ2v) is 5.95. The zero-order chi connectivity index (χ0) is 13.2. The number of aryl methyl sites for hydroxylation is 2. The van der Waals surface area contributed by atoms with Crippen molar-refractivity contribution in [2.24, 2.45) is 5.92 Å². The maximum atomic E-state index is 9.39. The summed E-state index contributed by atoms with van der Waals surface area (Å²) in [6.45, 7) is 4.41. The fourth-order valence-electron chi connectivity index (χ4n) is 3.26. The minimum atomic E-state index is 0.773. The smallest absolute Gasteiger partial charge is 0.146 e. The first-order chi connectivity index (χ1) is 9.28. The molecule has 3 rings (SSSR count). The lowest BCUT2D eigenvalue weighted by Crippen LogP contribution is -2.26. The first-order valence-electron chi connectivity index (χ1n) is 7.46. The van der Waals surface area contributed by atoms with E-state index in [9.17, 15) is 5.26 Å². The van der Waals surface area contributed by atoms with Gasteiger partial charge >= 0.3 is 0 Å². The van der Waals surface area contributed by atoms with Crippen LogP contribution < -0.4 is 4.90 Å². The SMILES string of the molecule is CC1CCCN(c2nc3c(cc2C#N)CCC3)CC1. The van der Waals surface area contributed by atoms with Crippen molar-refractivity contribution >= 4 is 5.82 Å². The van der Waals surface area contributed by atoms with Gasteiger partial charge in [-0.3, -0.25) is 0 Å². The molecule has 0 amide bonds. The molecule has 0 N–H and O–H groups in total. The summed E-state index contributed by atoms with van der Waals surface area (Å²) in [7, 11) is 0. The van der Waals surface area contributed by atoms with E-state index in [1.165, 1.54) is 36.9 Å². The van der Waals surface area contributed by atoms with Crippen LogP contribution in [-0.2, 0) is 12.8 Å². The highest BCUT2D eigenvalue weighted by molar-refractivity contribution is 5.56. The Morgan fingerprint density at radius 1 is 1.26 bits per heavy atom. The first kappa shape index (κ1) is 12.5. The second-order valence-electron chi connectivity index (χ2n) is 5.95. The number of nitrogens with zero attached hydrogens (tertiary/aromatic N) is 3. The molecule has 1 saturated heterocycles. The van der Waals surface area contributed by atoms with Gasteiger partial charge in [0.25, 0.3) is 0 Å². The van der Waals surface area contributed by atoms with Gasteiger partial charge in [-0.15, -0.1) is 0 Å². The molecule has 1 unspecified atom stereocenters. The number of hydrogen-bond donors (Lipinski definition) is 0. The van der Waals surface area contributed by atoms with E-state index in [0.29, 0.717) is 0 Å². The third kappa shape index (κ3) is 2.45. The Balaban J connectivity index is 1.93. The summed E-state index contributed by atoms with van der Waals surface area (Å²) in [6, 6.07) is 4.43. The standard InChI is InChI=1S/C16H21N3/c1-12-4-3-8-19(9-7-12)16-14(11-17)10-13-5-2-6-15(13)18-16/h10,12H,2-9H2,1H3. The van der Waals surface area contributed by atoms with Crippen molar-refractivity contribution in [3.8, 4) is 6.07 Å². The molecule has 0 spiro atoms. The molecule has 1 aromatic rings. The van der Waals surface area contributed by atoms with Crippen molar-refractivity contribution in [1.82, 2.24) is 4.98 Å². The minimum Gasteiger partial charge on any atom is -0.356 e. The summed E-state index contributed by atoms with van der Waals surface area (Å²) in [6.07, 6.45) is 7.08. The lowest BCUT2D eigenvalue weighted by molar-refractivity contribution is 0.521. The topological polar surface area (TPSA) is 39.9 Å². The van der Waals surface area contributed by atoms with Crippen LogP contribution in [0.25, 0.3) is 0 Å². The van der Waals surface area contributed by atoms with Gasteiger partial charge in [0.05, 0.1) is 5.56 Å². The van der Waals surface area contributed by atoms with Crippen LogP contribution in [-0.4, -0.2) is 18.1 Å². The largest absolute Gasteiger partial charge is 0.356 e. The van der Waals surface area contributed by atoms with E-state index in [1.807, 2.05) is 0 Å². The Bertz CT molecular complexity index is 515. The van der Waals surface area contributed by atoms with Crippen LogP contribution in [0.2, 0.25) is 0 Å². The Morgan fingerprint density at radius 3 is 3.00 bits per heavy atom. The molecule has 3 nitrogen and oxygen atoms in total. The molecule has 1 atom stereocenters. The van der Waals surface area contributed by atoms with Gasteiger partial charge in [-0.1, -0.05) is 6.92 Å². The predicted molar refractivity (Wildman–Crippen MR) is 76.2 cm³/mol. The van der Waals surface area contributed by atoms with Crippen molar-refractivity contribution in [3.05, 3.63) is 22.9 Å². The van der Waals surface area contributed by atoms with E-state index in [2.05, 4.69) is 24.0 Å². The van der Waals surface area contributed by atoms with E-state index in [-0.39, 0.29) is 0 Å². The average Bonchev–Trinajstić information content (AvgIpc) is 2.77. The molecule has 19 heavy (non-hydrogen) atoms. The third-order valence-electron chi connectivity index (χ3n) is 4.47. The van der Waals surface area contributed by atoms with Gasteiger partial charge in [-0.25, -0.2) is 4.98 Å². The average molecular weight is 255 g/mol. The fourth-order valence-corrected chi connectivity index (χ4v) is 3.26. The monoisotopic (exact) mass is 255 g/mol. The summed E-state index contributed by atoms with van der Waals surface area (Å²) in [4.78, 5) is 7.15. The molecule has 1 aromatic heterocycles. The van der Waals surface area contributed by atoms with Crippen LogP contribution in [0.3, 0.4) is 0 Å². The highest BCUT2D eigenvalue weighted by atomic mass is 15.2. The molecule has 3 heteroatoms. The molecule has 0 aromatic carbocycles. The third-order valence-corrected chi connectivity index (χ3v) is 4.47. The number of nitriles is 1. The van der Waals surface area contributed by atoms with E-state index in [1.54, 1.807) is 0 Å². The van der Waals surface area contributed by atoms with E-state index in [4.69, 9.17) is 4.98 Å². The highest BCUT2D eigenvalue weighted by Crippen LogP contribution is 2.29. The Kier molecular flexibility index (Phi) is 3.42. The second kappa shape index (κ2) is 5.21. The van der Waals surface area contributed by atoms with Gasteiger partial charge < -0.3 is 4.90 Å². The fraction of sp³-hybridized carbons (Fsp3) is 0.625. The van der Waals surface area contributed by atoms with E-state index < -0.39 is 0 Å². The van der Waals surface area contributed by atoms with Crippen molar-refractivity contribution in [2.75, 3.05) is 18.0 Å². The molecule has 1 aliphatic carbocycles. The molecule has 0 radical (unpaired) electrons. The Labute approximate surface area is 115 Å². The Hall–Kier alpha value is -1.56. The van der Waals surface area contributed by atoms with Gasteiger partial charge in [-0.2, -0.15) is 5.26 Å². The van der Waals surface area contributed by atoms with Crippen molar-refractivity contribution < 1.29 is 0 Å². The normalized spacial score (nSPS) is 22.7. The summed E-state index contributed by atoms with van der Waals surface area (Å²) >= 11 is 0. The first-order valence-corrected chi connectivity index (χ1v) is 7.46. The number of rotatable bonds is 1. The highest BCUT2D eigenvalue weighted by Gasteiger charge is 2.21. The number of pyridine rings is 1. The zero-order valence-electron chi connectivity index (χ0n) is 11.7. The van der Waals surface area contributed by atoms with Crippen LogP contribution in [0.1, 0.15) is 49.4 Å². The lowest BCUT2D eigenvalue weighted by atomic mass is 10.0. The molecule has 2 heterocycles. The molecule has 100 valence electrons. The molecule has 1 aliphatic heterocycles. The van der Waals surface area contributed by atoms with Gasteiger partial charge in [0.2, 0.25) is 0 Å². The number of hydrogen-bond acceptors (Lipinski definition) is 3. The van der Waals surface area contributed by atoms with E-state index >= 15 is 0 Å². The quantitative estimate of drug-likeness (QED) is 0.774. The number of anilines is 1. The maximum absolute atomic E-state index is 9.39. The summed E-state index contributed by atoms with van der Waals surface area (Å²) in [5.41, 5.74) is 3.30. The van der Waals surface area contributed by atoms with Crippen LogP contribution in [0.4, 0.5) is 5.82 Å². The van der Waals surface area contributed by atoms with Gasteiger partial charge in [-0.05, 0) is 56.1 Å². The van der Waals surface area contributed by atoms with Crippen molar-refractivity contribution in [1.29, 1.82) is 5.26 Å². The molecular formula is C16H21N3. The van der Waals surface area contributed by atoms with Crippen molar-refractivity contribution in [3.63, 3.8) is 0 Å². The van der Waals surface area contributed by atoms with Crippen LogP contribution in [0.5, 0.6) is 0 Å². The number of aromatic nitrogens is 1. The van der Waals surface area contributed by atoms with Gasteiger partial charge in [0.15, 0.2) is 0 Å². The van der Waals surface area contributed by atoms with Gasteiger partial charge in [0, 0.05) is 18.8 Å². The van der Waals surface area contributed by atoms with Crippen molar-refractivity contribution in [2.45, 2.75) is 45.4 Å². The zero-order valence-corrected chi connectivity index (χ0v) is 11.7. The summed E-state index contributed by atoms with van der Waals surface area (Å²) in [5, 5.41) is 9.39. The van der Waals surface area contributed by atoms with Crippen LogP contribution in [0, 0.1) is 17.2 Å². The summed E-state index contributed by atoms with van der Waals surface area (Å²) in [5.74, 6) is 1.74. The molecular weight excluding hydrogens is 234 g/mol. The maximum Gasteiger partial charge on any atom is 0.146 e.